The van der Waals surface area contributed by atoms with E-state index in [1.807, 2.05) is 0 Å². The summed E-state index contributed by atoms with van der Waals surface area (Å²) >= 11 is 0. The van der Waals surface area contributed by atoms with Crippen LogP contribution in [0.5, 0.6) is 0 Å². The normalized spacial score (nSPS) is 13.8. The minimum Gasteiger partial charge on any atom is -0.355 e. The van der Waals surface area contributed by atoms with Crippen LogP contribution in [-0.4, -0.2) is 37.7 Å². The van der Waals surface area contributed by atoms with Crippen LogP contribution >= 0.6 is 0 Å². The third-order valence-electron chi connectivity index (χ3n) is 1.46. The Morgan fingerprint density at radius 1 is 1.62 bits per heavy atom. The molecule has 0 saturated carbocycles. The SMILES string of the molecule is CC(CN)C(=O)NCCS(=O)(=O)O. The highest BCUT2D eigenvalue weighted by atomic mass is 32.2. The number of nitrogens with one attached hydrogen (secondary N) is 1. The summed E-state index contributed by atoms with van der Waals surface area (Å²) in [5, 5.41) is 2.33. The Bertz CT molecular complexity index is 262. The van der Waals surface area contributed by atoms with E-state index in [1.54, 1.807) is 6.92 Å². The van der Waals surface area contributed by atoms with Crippen molar-refractivity contribution in [3.05, 3.63) is 0 Å². The quantitative estimate of drug-likeness (QED) is 0.483. The minimum atomic E-state index is -4.00. The number of hydrogen-bond acceptors (Lipinski definition) is 4. The van der Waals surface area contributed by atoms with Crippen molar-refractivity contribution >= 4 is 16.0 Å². The van der Waals surface area contributed by atoms with E-state index in [0.717, 1.165) is 0 Å². The average Bonchev–Trinajstić information content (AvgIpc) is 2.00. The van der Waals surface area contributed by atoms with Crippen molar-refractivity contribution in [2.24, 2.45) is 11.7 Å². The topological polar surface area (TPSA) is 109 Å². The first-order chi connectivity index (χ1) is 5.87. The number of carbonyl (C=O) groups excluding carboxylic acids is 1. The molecule has 0 rings (SSSR count). The third-order valence-corrected chi connectivity index (χ3v) is 2.18. The van der Waals surface area contributed by atoms with Crippen molar-refractivity contribution in [2.75, 3.05) is 18.8 Å². The maximum absolute atomic E-state index is 11.0. The van der Waals surface area contributed by atoms with Crippen LogP contribution in [-0.2, 0) is 14.9 Å². The highest BCUT2D eigenvalue weighted by molar-refractivity contribution is 7.85. The number of nitrogens with two attached hydrogens (primary N) is 1. The van der Waals surface area contributed by atoms with E-state index >= 15 is 0 Å². The van der Waals surface area contributed by atoms with E-state index in [1.165, 1.54) is 0 Å². The molecule has 1 unspecified atom stereocenters. The molecular formula is C6H14N2O4S. The summed E-state index contributed by atoms with van der Waals surface area (Å²) in [5.41, 5.74) is 5.20. The van der Waals surface area contributed by atoms with E-state index in [-0.39, 0.29) is 24.9 Å². The van der Waals surface area contributed by atoms with Crippen LogP contribution in [0.2, 0.25) is 0 Å². The molecule has 0 aromatic carbocycles. The Kier molecular flexibility index (Phi) is 4.89. The molecule has 0 fully saturated rings. The van der Waals surface area contributed by atoms with E-state index < -0.39 is 15.9 Å². The molecule has 0 bridgehead atoms. The molecule has 0 aliphatic heterocycles. The summed E-state index contributed by atoms with van der Waals surface area (Å²) in [6.07, 6.45) is 0. The monoisotopic (exact) mass is 210 g/mol. The fourth-order valence-electron chi connectivity index (χ4n) is 0.584. The van der Waals surface area contributed by atoms with Crippen molar-refractivity contribution in [3.63, 3.8) is 0 Å². The van der Waals surface area contributed by atoms with Crippen LogP contribution < -0.4 is 11.1 Å². The summed E-state index contributed by atoms with van der Waals surface area (Å²) in [6.45, 7) is 1.74. The molecule has 78 valence electrons. The van der Waals surface area contributed by atoms with Gasteiger partial charge in [-0.05, 0) is 0 Å². The maximum atomic E-state index is 11.0. The molecule has 0 heterocycles. The van der Waals surface area contributed by atoms with E-state index in [2.05, 4.69) is 5.32 Å². The van der Waals surface area contributed by atoms with E-state index in [9.17, 15) is 13.2 Å². The largest absolute Gasteiger partial charge is 0.355 e. The summed E-state index contributed by atoms with van der Waals surface area (Å²) in [6, 6.07) is 0. The molecule has 0 aromatic heterocycles. The van der Waals surface area contributed by atoms with Gasteiger partial charge in [0.05, 0.1) is 5.75 Å². The zero-order valence-electron chi connectivity index (χ0n) is 7.36. The fraction of sp³-hybridized carbons (Fsp3) is 0.833. The molecular weight excluding hydrogens is 196 g/mol. The first-order valence-electron chi connectivity index (χ1n) is 3.79. The second-order valence-electron chi connectivity index (χ2n) is 2.71. The molecule has 1 amide bonds. The first-order valence-corrected chi connectivity index (χ1v) is 5.40. The maximum Gasteiger partial charge on any atom is 0.266 e. The molecule has 1 atom stereocenters. The van der Waals surface area contributed by atoms with Gasteiger partial charge in [0.1, 0.15) is 0 Å². The summed E-state index contributed by atoms with van der Waals surface area (Å²) in [4.78, 5) is 11.0. The Morgan fingerprint density at radius 2 is 2.15 bits per heavy atom. The van der Waals surface area contributed by atoms with Gasteiger partial charge >= 0.3 is 0 Å². The molecule has 13 heavy (non-hydrogen) atoms. The van der Waals surface area contributed by atoms with Gasteiger partial charge in [0.2, 0.25) is 5.91 Å². The molecule has 0 aromatic rings. The molecule has 0 spiro atoms. The third kappa shape index (κ3) is 6.50. The van der Waals surface area contributed by atoms with E-state index in [4.69, 9.17) is 10.3 Å². The zero-order chi connectivity index (χ0) is 10.5. The fourth-order valence-corrected chi connectivity index (χ4v) is 0.944. The lowest BCUT2D eigenvalue weighted by atomic mass is 10.2. The van der Waals surface area contributed by atoms with Gasteiger partial charge in [0.25, 0.3) is 10.1 Å². The Labute approximate surface area is 77.2 Å². The zero-order valence-corrected chi connectivity index (χ0v) is 8.17. The highest BCUT2D eigenvalue weighted by Gasteiger charge is 2.11. The molecule has 4 N–H and O–H groups in total. The second kappa shape index (κ2) is 5.15. The van der Waals surface area contributed by atoms with Crippen LogP contribution in [0.3, 0.4) is 0 Å². The number of hydrogen-bond donors (Lipinski definition) is 3. The van der Waals surface area contributed by atoms with Gasteiger partial charge in [-0.25, -0.2) is 0 Å². The van der Waals surface area contributed by atoms with Gasteiger partial charge in [0.15, 0.2) is 0 Å². The van der Waals surface area contributed by atoms with Gasteiger partial charge in [-0.3, -0.25) is 9.35 Å². The predicted octanol–water partition coefficient (Wildman–Crippen LogP) is -1.41. The van der Waals surface area contributed by atoms with Crippen molar-refractivity contribution in [1.82, 2.24) is 5.32 Å². The van der Waals surface area contributed by atoms with Crippen molar-refractivity contribution in [2.45, 2.75) is 6.92 Å². The number of rotatable bonds is 5. The molecule has 6 nitrogen and oxygen atoms in total. The summed E-state index contributed by atoms with van der Waals surface area (Å²) in [7, 11) is -4.00. The van der Waals surface area contributed by atoms with Gasteiger partial charge in [-0.2, -0.15) is 8.42 Å². The van der Waals surface area contributed by atoms with Crippen molar-refractivity contribution in [3.8, 4) is 0 Å². The van der Waals surface area contributed by atoms with E-state index in [0.29, 0.717) is 0 Å². The summed E-state index contributed by atoms with van der Waals surface area (Å²) in [5.74, 6) is -1.14. The first kappa shape index (κ1) is 12.3. The van der Waals surface area contributed by atoms with Gasteiger partial charge in [0, 0.05) is 19.0 Å². The van der Waals surface area contributed by atoms with Gasteiger partial charge in [-0.1, -0.05) is 6.92 Å². The van der Waals surface area contributed by atoms with Crippen LogP contribution in [0.25, 0.3) is 0 Å². The van der Waals surface area contributed by atoms with Crippen molar-refractivity contribution < 1.29 is 17.8 Å². The lowest BCUT2D eigenvalue weighted by Gasteiger charge is -2.08. The lowest BCUT2D eigenvalue weighted by Crippen LogP contribution is -2.35. The molecule has 0 saturated heterocycles. The van der Waals surface area contributed by atoms with Gasteiger partial charge in [-0.15, -0.1) is 0 Å². The Balaban J connectivity index is 3.72. The molecule has 7 heteroatoms. The highest BCUT2D eigenvalue weighted by Crippen LogP contribution is 1.89. The Hall–Kier alpha value is -0.660. The van der Waals surface area contributed by atoms with Crippen molar-refractivity contribution in [1.29, 1.82) is 0 Å². The molecule has 0 aliphatic carbocycles. The van der Waals surface area contributed by atoms with Crippen LogP contribution in [0, 0.1) is 5.92 Å². The lowest BCUT2D eigenvalue weighted by molar-refractivity contribution is -0.124. The standard InChI is InChI=1S/C6H14N2O4S/c1-5(4-7)6(9)8-2-3-13(10,11)12/h5H,2-4,7H2,1H3,(H,8,9)(H,10,11,12). The minimum absolute atomic E-state index is 0.0952. The van der Waals surface area contributed by atoms with Crippen LogP contribution in [0.15, 0.2) is 0 Å². The smallest absolute Gasteiger partial charge is 0.266 e. The number of amides is 1. The summed E-state index contributed by atoms with van der Waals surface area (Å²) < 4.78 is 28.8. The average molecular weight is 210 g/mol. The molecule has 0 radical (unpaired) electrons. The predicted molar refractivity (Wildman–Crippen MR) is 47.6 cm³/mol. The molecule has 0 aliphatic rings. The van der Waals surface area contributed by atoms with Crippen LogP contribution in [0.4, 0.5) is 0 Å². The Morgan fingerprint density at radius 3 is 2.54 bits per heavy atom. The number of carbonyl (C=O) groups is 1. The second-order valence-corrected chi connectivity index (χ2v) is 4.29. The van der Waals surface area contributed by atoms with Crippen LogP contribution in [0.1, 0.15) is 6.92 Å². The van der Waals surface area contributed by atoms with Gasteiger partial charge < -0.3 is 11.1 Å².